The fourth-order valence-corrected chi connectivity index (χ4v) is 1.38. The summed E-state index contributed by atoms with van der Waals surface area (Å²) in [7, 11) is 1.26. The van der Waals surface area contributed by atoms with E-state index < -0.39 is 25.4 Å². The van der Waals surface area contributed by atoms with Gasteiger partial charge in [0.1, 0.15) is 12.2 Å². The standard InChI is InChI=1S/C11H14F2O5/c1-17-9-4-6(10(16)7(15)5-14)2-3-8(9)18-11(12)13/h2-4,7,10-11,14-16H,5H2,1H3. The number of hydrogen-bond donors (Lipinski definition) is 3. The van der Waals surface area contributed by atoms with E-state index in [2.05, 4.69) is 4.74 Å². The fourth-order valence-electron chi connectivity index (χ4n) is 1.38. The molecule has 0 aliphatic rings. The van der Waals surface area contributed by atoms with Gasteiger partial charge in [-0.25, -0.2) is 0 Å². The predicted molar refractivity (Wildman–Crippen MR) is 57.7 cm³/mol. The molecule has 102 valence electrons. The largest absolute Gasteiger partial charge is 0.493 e. The summed E-state index contributed by atoms with van der Waals surface area (Å²) < 4.78 is 33.2. The first-order valence-corrected chi connectivity index (χ1v) is 5.09. The molecule has 1 aromatic rings. The van der Waals surface area contributed by atoms with E-state index >= 15 is 0 Å². The molecule has 3 N–H and O–H groups in total. The highest BCUT2D eigenvalue weighted by Crippen LogP contribution is 2.32. The first kappa shape index (κ1) is 14.6. The molecule has 18 heavy (non-hydrogen) atoms. The van der Waals surface area contributed by atoms with Crippen LogP contribution >= 0.6 is 0 Å². The van der Waals surface area contributed by atoms with Gasteiger partial charge in [0.25, 0.3) is 0 Å². The second-order valence-electron chi connectivity index (χ2n) is 3.48. The zero-order chi connectivity index (χ0) is 13.7. The summed E-state index contributed by atoms with van der Waals surface area (Å²) in [5, 5.41) is 27.6. The topological polar surface area (TPSA) is 79.2 Å². The van der Waals surface area contributed by atoms with Gasteiger partial charge < -0.3 is 24.8 Å². The Morgan fingerprint density at radius 3 is 2.39 bits per heavy atom. The minimum atomic E-state index is -2.99. The molecule has 0 aromatic heterocycles. The van der Waals surface area contributed by atoms with E-state index in [0.29, 0.717) is 0 Å². The number of methoxy groups -OCH3 is 1. The van der Waals surface area contributed by atoms with Crippen molar-refractivity contribution in [2.75, 3.05) is 13.7 Å². The zero-order valence-electron chi connectivity index (χ0n) is 9.59. The quantitative estimate of drug-likeness (QED) is 0.704. The van der Waals surface area contributed by atoms with Crippen molar-refractivity contribution in [3.05, 3.63) is 23.8 Å². The first-order valence-electron chi connectivity index (χ1n) is 5.09. The Kier molecular flexibility index (Phi) is 5.26. The predicted octanol–water partition coefficient (Wildman–Crippen LogP) is 0.683. The summed E-state index contributed by atoms with van der Waals surface area (Å²) in [4.78, 5) is 0. The van der Waals surface area contributed by atoms with E-state index in [0.717, 1.165) is 0 Å². The van der Waals surface area contributed by atoms with Crippen molar-refractivity contribution >= 4 is 0 Å². The molecule has 0 spiro atoms. The maximum atomic E-state index is 12.1. The lowest BCUT2D eigenvalue weighted by molar-refractivity contribution is -0.0513. The molecule has 0 saturated carbocycles. The molecule has 0 amide bonds. The van der Waals surface area contributed by atoms with Crippen LogP contribution in [0.2, 0.25) is 0 Å². The number of aliphatic hydroxyl groups excluding tert-OH is 3. The van der Waals surface area contributed by atoms with Crippen LogP contribution in [-0.4, -0.2) is 41.8 Å². The number of hydrogen-bond acceptors (Lipinski definition) is 5. The number of rotatable bonds is 6. The molecular weight excluding hydrogens is 250 g/mol. The fraction of sp³-hybridized carbons (Fsp3) is 0.455. The molecule has 7 heteroatoms. The van der Waals surface area contributed by atoms with Crippen molar-refractivity contribution in [3.8, 4) is 11.5 Å². The van der Waals surface area contributed by atoms with Gasteiger partial charge >= 0.3 is 6.61 Å². The molecule has 0 fully saturated rings. The monoisotopic (exact) mass is 264 g/mol. The molecule has 2 atom stereocenters. The summed E-state index contributed by atoms with van der Waals surface area (Å²) in [5.74, 6) is -0.182. The number of benzene rings is 1. The number of ether oxygens (including phenoxy) is 2. The molecule has 1 rings (SSSR count). The van der Waals surface area contributed by atoms with Gasteiger partial charge in [-0.15, -0.1) is 0 Å². The van der Waals surface area contributed by atoms with Crippen LogP contribution in [0.1, 0.15) is 11.7 Å². The summed E-state index contributed by atoms with van der Waals surface area (Å²) in [6.07, 6.45) is -2.71. The third kappa shape index (κ3) is 3.52. The van der Waals surface area contributed by atoms with E-state index in [1.807, 2.05) is 0 Å². The van der Waals surface area contributed by atoms with Gasteiger partial charge in [0.05, 0.1) is 13.7 Å². The molecule has 0 radical (unpaired) electrons. The van der Waals surface area contributed by atoms with E-state index in [9.17, 15) is 19.0 Å². The highest BCUT2D eigenvalue weighted by molar-refractivity contribution is 5.43. The summed E-state index contributed by atoms with van der Waals surface area (Å²) in [5.41, 5.74) is 0.218. The highest BCUT2D eigenvalue weighted by atomic mass is 19.3. The van der Waals surface area contributed by atoms with Gasteiger partial charge in [0.2, 0.25) is 0 Å². The first-order chi connectivity index (χ1) is 8.49. The van der Waals surface area contributed by atoms with Crippen molar-refractivity contribution in [2.24, 2.45) is 0 Å². The van der Waals surface area contributed by atoms with Crippen LogP contribution in [0.5, 0.6) is 11.5 Å². The molecule has 0 saturated heterocycles. The summed E-state index contributed by atoms with van der Waals surface area (Å²) >= 11 is 0. The maximum Gasteiger partial charge on any atom is 0.387 e. The minimum Gasteiger partial charge on any atom is -0.493 e. The molecule has 0 aliphatic heterocycles. The van der Waals surface area contributed by atoms with E-state index in [4.69, 9.17) is 9.84 Å². The Hall–Kier alpha value is -1.44. The Morgan fingerprint density at radius 2 is 1.89 bits per heavy atom. The number of alkyl halides is 2. The van der Waals surface area contributed by atoms with Crippen LogP contribution in [0.15, 0.2) is 18.2 Å². The van der Waals surface area contributed by atoms with E-state index in [-0.39, 0.29) is 17.1 Å². The van der Waals surface area contributed by atoms with Gasteiger partial charge in [-0.05, 0) is 17.7 Å². The van der Waals surface area contributed by atoms with Crippen molar-refractivity contribution < 1.29 is 33.6 Å². The summed E-state index contributed by atoms with van der Waals surface area (Å²) in [6.45, 7) is -3.61. The van der Waals surface area contributed by atoms with Crippen molar-refractivity contribution in [1.82, 2.24) is 0 Å². The third-order valence-electron chi connectivity index (χ3n) is 2.30. The maximum absolute atomic E-state index is 12.1. The normalized spacial score (nSPS) is 14.4. The van der Waals surface area contributed by atoms with E-state index in [1.165, 1.54) is 25.3 Å². The lowest BCUT2D eigenvalue weighted by Gasteiger charge is -2.17. The van der Waals surface area contributed by atoms with Crippen LogP contribution in [-0.2, 0) is 0 Å². The Bertz CT molecular complexity index is 386. The SMILES string of the molecule is COc1cc(C(O)C(O)CO)ccc1OC(F)F. The molecule has 5 nitrogen and oxygen atoms in total. The Labute approximate surface area is 102 Å². The molecule has 0 heterocycles. The van der Waals surface area contributed by atoms with Crippen LogP contribution in [0.4, 0.5) is 8.78 Å². The Morgan fingerprint density at radius 1 is 1.22 bits per heavy atom. The zero-order valence-corrected chi connectivity index (χ0v) is 9.59. The minimum absolute atomic E-state index is 0.00279. The summed E-state index contributed by atoms with van der Waals surface area (Å²) in [6, 6.07) is 3.73. The van der Waals surface area contributed by atoms with Crippen molar-refractivity contribution in [3.63, 3.8) is 0 Å². The van der Waals surface area contributed by atoms with Gasteiger partial charge in [0.15, 0.2) is 11.5 Å². The molecule has 1 aromatic carbocycles. The van der Waals surface area contributed by atoms with Gasteiger partial charge in [-0.2, -0.15) is 8.78 Å². The second-order valence-corrected chi connectivity index (χ2v) is 3.48. The molecule has 0 aliphatic carbocycles. The number of aliphatic hydroxyl groups is 3. The van der Waals surface area contributed by atoms with Gasteiger partial charge in [0, 0.05) is 0 Å². The van der Waals surface area contributed by atoms with E-state index in [1.54, 1.807) is 0 Å². The van der Waals surface area contributed by atoms with Gasteiger partial charge in [-0.3, -0.25) is 0 Å². The van der Waals surface area contributed by atoms with Crippen LogP contribution in [0.25, 0.3) is 0 Å². The van der Waals surface area contributed by atoms with Crippen LogP contribution in [0, 0.1) is 0 Å². The highest BCUT2D eigenvalue weighted by Gasteiger charge is 2.20. The third-order valence-corrected chi connectivity index (χ3v) is 2.30. The molecule has 2 unspecified atom stereocenters. The average Bonchev–Trinajstić information content (AvgIpc) is 2.36. The lowest BCUT2D eigenvalue weighted by atomic mass is 10.0. The number of halogens is 2. The van der Waals surface area contributed by atoms with Crippen LogP contribution in [0.3, 0.4) is 0 Å². The van der Waals surface area contributed by atoms with Crippen molar-refractivity contribution in [2.45, 2.75) is 18.8 Å². The lowest BCUT2D eigenvalue weighted by Crippen LogP contribution is -2.22. The molecule has 0 bridgehead atoms. The molecular formula is C11H14F2O5. The second kappa shape index (κ2) is 6.48. The Balaban J connectivity index is 2.97. The smallest absolute Gasteiger partial charge is 0.387 e. The van der Waals surface area contributed by atoms with Gasteiger partial charge in [-0.1, -0.05) is 6.07 Å². The average molecular weight is 264 g/mol. The van der Waals surface area contributed by atoms with Crippen molar-refractivity contribution in [1.29, 1.82) is 0 Å². The van der Waals surface area contributed by atoms with Crippen LogP contribution < -0.4 is 9.47 Å².